The van der Waals surface area contributed by atoms with E-state index in [9.17, 15) is 9.59 Å². The van der Waals surface area contributed by atoms with Gasteiger partial charge in [-0.3, -0.25) is 4.79 Å². The van der Waals surface area contributed by atoms with E-state index >= 15 is 0 Å². The number of rotatable bonds is 8. The zero-order valence-corrected chi connectivity index (χ0v) is 17.6. The summed E-state index contributed by atoms with van der Waals surface area (Å²) in [6.07, 6.45) is 0. The van der Waals surface area contributed by atoms with Gasteiger partial charge in [0, 0.05) is 21.2 Å². The number of Topliss-reactive ketones (excluding diaryl/α,β-unsaturated/α-hetero) is 1. The molecule has 0 aliphatic rings. The van der Waals surface area contributed by atoms with Crippen LogP contribution >= 0.6 is 23.2 Å². The number of hydrogen-bond donors (Lipinski definition) is 0. The smallest absolute Gasteiger partial charge is 0.338 e. The Hall–Kier alpha value is -3.02. The third-order valence-electron chi connectivity index (χ3n) is 4.24. The summed E-state index contributed by atoms with van der Waals surface area (Å²) in [5.74, 6) is -0.160. The molecule has 0 aromatic heterocycles. The molecule has 3 rings (SSSR count). The first kappa shape index (κ1) is 21.7. The Bertz CT molecular complexity index is 1050. The van der Waals surface area contributed by atoms with Crippen molar-refractivity contribution in [1.29, 1.82) is 0 Å². The second-order valence-corrected chi connectivity index (χ2v) is 7.10. The van der Waals surface area contributed by atoms with Crippen LogP contribution in [0.25, 0.3) is 0 Å². The van der Waals surface area contributed by atoms with E-state index in [-0.39, 0.29) is 24.6 Å². The highest BCUT2D eigenvalue weighted by atomic mass is 35.5. The van der Waals surface area contributed by atoms with Crippen LogP contribution in [-0.4, -0.2) is 25.5 Å². The maximum absolute atomic E-state index is 12.3. The maximum Gasteiger partial charge on any atom is 0.338 e. The van der Waals surface area contributed by atoms with E-state index in [0.717, 1.165) is 5.56 Å². The van der Waals surface area contributed by atoms with Gasteiger partial charge in [0.05, 0.1) is 12.7 Å². The van der Waals surface area contributed by atoms with Crippen LogP contribution in [0, 0.1) is 0 Å². The van der Waals surface area contributed by atoms with Crippen molar-refractivity contribution in [3.05, 3.63) is 93.5 Å². The molecule has 0 N–H and O–H groups in total. The minimum absolute atomic E-state index is 0.237. The predicted molar refractivity (Wildman–Crippen MR) is 115 cm³/mol. The van der Waals surface area contributed by atoms with Crippen molar-refractivity contribution in [2.45, 2.75) is 6.61 Å². The van der Waals surface area contributed by atoms with Crippen LogP contribution in [0.2, 0.25) is 10.0 Å². The van der Waals surface area contributed by atoms with Crippen molar-refractivity contribution in [2.24, 2.45) is 0 Å². The van der Waals surface area contributed by atoms with E-state index in [4.69, 9.17) is 37.4 Å². The number of halogens is 2. The van der Waals surface area contributed by atoms with Crippen LogP contribution < -0.4 is 9.47 Å². The second-order valence-electron chi connectivity index (χ2n) is 6.25. The molecule has 154 valence electrons. The first-order chi connectivity index (χ1) is 14.5. The number of ketones is 1. The first-order valence-corrected chi connectivity index (χ1v) is 9.73. The summed E-state index contributed by atoms with van der Waals surface area (Å²) >= 11 is 11.9. The highest BCUT2D eigenvalue weighted by Gasteiger charge is 2.15. The molecule has 7 heteroatoms. The summed E-state index contributed by atoms with van der Waals surface area (Å²) in [6, 6.07) is 18.3. The van der Waals surface area contributed by atoms with Gasteiger partial charge in [-0.2, -0.15) is 0 Å². The monoisotopic (exact) mass is 444 g/mol. The van der Waals surface area contributed by atoms with Gasteiger partial charge in [-0.05, 0) is 48.5 Å². The molecule has 3 aromatic rings. The Morgan fingerprint density at radius 3 is 2.27 bits per heavy atom. The number of ether oxygens (including phenoxy) is 3. The molecule has 0 saturated heterocycles. The van der Waals surface area contributed by atoms with E-state index in [1.807, 2.05) is 18.2 Å². The highest BCUT2D eigenvalue weighted by Crippen LogP contribution is 2.30. The maximum atomic E-state index is 12.3. The van der Waals surface area contributed by atoms with Gasteiger partial charge in [-0.15, -0.1) is 0 Å². The highest BCUT2D eigenvalue weighted by molar-refractivity contribution is 6.31. The predicted octanol–water partition coefficient (Wildman–Crippen LogP) is 5.62. The lowest BCUT2D eigenvalue weighted by Gasteiger charge is -2.13. The van der Waals surface area contributed by atoms with Gasteiger partial charge in [0.15, 0.2) is 23.9 Å². The Labute approximate surface area is 184 Å². The van der Waals surface area contributed by atoms with Gasteiger partial charge in [0.25, 0.3) is 0 Å². The molecule has 0 bridgehead atoms. The molecule has 30 heavy (non-hydrogen) atoms. The Morgan fingerprint density at radius 1 is 0.867 bits per heavy atom. The summed E-state index contributed by atoms with van der Waals surface area (Å²) in [5.41, 5.74) is 1.47. The Morgan fingerprint density at radius 2 is 1.57 bits per heavy atom. The fourth-order valence-electron chi connectivity index (χ4n) is 2.62. The molecule has 0 heterocycles. The molecular weight excluding hydrogens is 427 g/mol. The summed E-state index contributed by atoms with van der Waals surface area (Å²) in [5, 5.41) is 1.12. The molecule has 0 radical (unpaired) electrons. The molecule has 0 aliphatic carbocycles. The lowest BCUT2D eigenvalue weighted by Crippen LogP contribution is -2.14. The molecule has 0 unspecified atom stereocenters. The SMILES string of the molecule is COc1cc(C(=O)OCC(=O)c2ccc(Cl)cc2)ccc1OCc1ccccc1Cl. The van der Waals surface area contributed by atoms with Crippen LogP contribution in [0.1, 0.15) is 26.3 Å². The number of carbonyl (C=O) groups excluding carboxylic acids is 2. The minimum atomic E-state index is -0.645. The summed E-state index contributed by atoms with van der Waals surface area (Å²) in [6.45, 7) is -0.136. The van der Waals surface area contributed by atoms with Crippen LogP contribution in [0.3, 0.4) is 0 Å². The third kappa shape index (κ3) is 5.53. The number of benzene rings is 3. The molecule has 0 spiro atoms. The number of esters is 1. The standard InChI is InChI=1S/C23H18Cl2O5/c1-28-22-12-16(8-11-21(22)29-13-17-4-2-3-5-19(17)25)23(27)30-14-20(26)15-6-9-18(24)10-7-15/h2-12H,13-14H2,1H3. The van der Waals surface area contributed by atoms with Crippen LogP contribution in [0.4, 0.5) is 0 Å². The topological polar surface area (TPSA) is 61.8 Å². The first-order valence-electron chi connectivity index (χ1n) is 8.98. The zero-order chi connectivity index (χ0) is 21.5. The quantitative estimate of drug-likeness (QED) is 0.333. The van der Waals surface area contributed by atoms with Crippen molar-refractivity contribution in [3.63, 3.8) is 0 Å². The van der Waals surface area contributed by atoms with E-state index < -0.39 is 5.97 Å². The molecule has 0 atom stereocenters. The normalized spacial score (nSPS) is 10.4. The minimum Gasteiger partial charge on any atom is -0.493 e. The molecule has 0 saturated carbocycles. The zero-order valence-electron chi connectivity index (χ0n) is 16.1. The van der Waals surface area contributed by atoms with Crippen molar-refractivity contribution in [1.82, 2.24) is 0 Å². The molecule has 5 nitrogen and oxygen atoms in total. The van der Waals surface area contributed by atoms with Gasteiger partial charge < -0.3 is 14.2 Å². The van der Waals surface area contributed by atoms with Gasteiger partial charge in [-0.25, -0.2) is 4.79 Å². The van der Waals surface area contributed by atoms with Gasteiger partial charge >= 0.3 is 5.97 Å². The van der Waals surface area contributed by atoms with Crippen LogP contribution in [0.15, 0.2) is 66.7 Å². The second kappa shape index (κ2) is 10.1. The molecule has 0 amide bonds. The summed E-state index contributed by atoms with van der Waals surface area (Å²) < 4.78 is 16.2. The average Bonchev–Trinajstić information content (AvgIpc) is 2.77. The fraction of sp³-hybridized carbons (Fsp3) is 0.130. The van der Waals surface area contributed by atoms with E-state index in [0.29, 0.717) is 27.1 Å². The third-order valence-corrected chi connectivity index (χ3v) is 4.86. The van der Waals surface area contributed by atoms with Crippen LogP contribution in [0.5, 0.6) is 11.5 Å². The van der Waals surface area contributed by atoms with E-state index in [1.54, 1.807) is 42.5 Å². The Kier molecular flexibility index (Phi) is 7.33. The average molecular weight is 445 g/mol. The summed E-state index contributed by atoms with van der Waals surface area (Å²) in [4.78, 5) is 24.5. The molecule has 0 aliphatic heterocycles. The lowest BCUT2D eigenvalue weighted by atomic mass is 10.1. The molecular formula is C23H18Cl2O5. The van der Waals surface area contributed by atoms with Crippen molar-refractivity contribution < 1.29 is 23.8 Å². The Balaban J connectivity index is 1.63. The van der Waals surface area contributed by atoms with Crippen LogP contribution in [-0.2, 0) is 11.3 Å². The molecule has 0 fully saturated rings. The van der Waals surface area contributed by atoms with Crippen molar-refractivity contribution in [2.75, 3.05) is 13.7 Å². The van der Waals surface area contributed by atoms with Gasteiger partial charge in [0.1, 0.15) is 6.61 Å². The fourth-order valence-corrected chi connectivity index (χ4v) is 2.93. The van der Waals surface area contributed by atoms with Crippen molar-refractivity contribution in [3.8, 4) is 11.5 Å². The van der Waals surface area contributed by atoms with Crippen molar-refractivity contribution >= 4 is 35.0 Å². The number of methoxy groups -OCH3 is 1. The van der Waals surface area contributed by atoms with Gasteiger partial charge in [-0.1, -0.05) is 41.4 Å². The molecule has 3 aromatic carbocycles. The largest absolute Gasteiger partial charge is 0.493 e. The van der Waals surface area contributed by atoms with E-state index in [1.165, 1.54) is 13.2 Å². The number of hydrogen-bond acceptors (Lipinski definition) is 5. The summed E-state index contributed by atoms with van der Waals surface area (Å²) in [7, 11) is 1.47. The number of carbonyl (C=O) groups is 2. The van der Waals surface area contributed by atoms with Gasteiger partial charge in [0.2, 0.25) is 0 Å². The van der Waals surface area contributed by atoms with E-state index in [2.05, 4.69) is 0 Å². The lowest BCUT2D eigenvalue weighted by molar-refractivity contribution is 0.0474.